The zero-order valence-electron chi connectivity index (χ0n) is 31.1. The van der Waals surface area contributed by atoms with Crippen molar-refractivity contribution < 1.29 is 28.3 Å². The van der Waals surface area contributed by atoms with Crippen LogP contribution in [0.1, 0.15) is 61.5 Å². The van der Waals surface area contributed by atoms with Gasteiger partial charge in [0.15, 0.2) is 22.4 Å². The lowest BCUT2D eigenvalue weighted by atomic mass is 10.2. The van der Waals surface area contributed by atoms with Gasteiger partial charge in [-0.3, -0.25) is 19.2 Å². The number of hydrogen-bond acceptors (Lipinski definition) is 14. The first-order valence-corrected chi connectivity index (χ1v) is 22.5. The first-order valence-electron chi connectivity index (χ1n) is 16.9. The van der Waals surface area contributed by atoms with Crippen molar-refractivity contribution in [1.82, 2.24) is 41.0 Å². The second-order valence-electron chi connectivity index (χ2n) is 13.2. The Morgan fingerprint density at radius 3 is 1.53 bits per heavy atom. The Morgan fingerprint density at radius 2 is 1.14 bits per heavy atom. The van der Waals surface area contributed by atoms with Crippen LogP contribution in [0, 0.1) is 11.8 Å². The second kappa shape index (κ2) is 20.7. The number of carbonyl (C=O) groups excluding carboxylic acids is 4. The van der Waals surface area contributed by atoms with Crippen LogP contribution in [0.15, 0.2) is 48.8 Å². The van der Waals surface area contributed by atoms with Gasteiger partial charge >= 0.3 is 0 Å². The second-order valence-corrected chi connectivity index (χ2v) is 20.0. The molecule has 21 heteroatoms. The molecule has 0 unspecified atom stereocenters. The number of nitrogens with one attached hydrogen (secondary N) is 5. The molecule has 2 aliphatic carbocycles. The average molecular weight is 845 g/mol. The fourth-order valence-corrected chi connectivity index (χ4v) is 6.92. The van der Waals surface area contributed by atoms with Crippen molar-refractivity contribution in [2.75, 3.05) is 56.7 Å². The Balaban J connectivity index is 0.000000337. The summed E-state index contributed by atoms with van der Waals surface area (Å²) in [6.45, 7) is 6.57. The van der Waals surface area contributed by atoms with Gasteiger partial charge in [-0.15, -0.1) is 20.4 Å². The van der Waals surface area contributed by atoms with E-state index < -0.39 is 26.1 Å². The van der Waals surface area contributed by atoms with E-state index in [0.29, 0.717) is 33.6 Å². The minimum absolute atomic E-state index is 0. The zero-order valence-corrected chi connectivity index (χ0v) is 33.6. The molecule has 4 amide bonds. The minimum Gasteiger partial charge on any atom is -0.369 e. The standard InChI is InChI=1S/C17H21N6O3P.C13H15ClN5O2P.C4H7NO.2CH4/c1-18-17(25)14-11(9-13(22-23-14)21-16(24)10-6-7-10)20-15-12(27(2,3)26)5-4-8-19-15;1-15-13(20)11-8(7-10(14)18-19-11)17-12-9(22(2,3)21)5-4-6-16-12;5-4(6)3-1-2-3;;/h4-5,8-10H,6-7H2,1-3H3,(H,18,25)(H2,19,20,21,22,24);4-7H,1-3H3,(H,15,20)(H,16,17,18);3H,1-2H2,(H2,5,6);2*1H4. The monoisotopic (exact) mass is 844 g/mol. The van der Waals surface area contributed by atoms with E-state index >= 15 is 0 Å². The van der Waals surface area contributed by atoms with Crippen LogP contribution >= 0.6 is 25.9 Å². The van der Waals surface area contributed by atoms with Crippen molar-refractivity contribution in [2.24, 2.45) is 17.6 Å². The summed E-state index contributed by atoms with van der Waals surface area (Å²) in [5, 5.41) is 30.2. The molecule has 0 radical (unpaired) electrons. The number of nitrogens with two attached hydrogens (primary N) is 1. The van der Waals surface area contributed by atoms with Crippen LogP contribution in [-0.2, 0) is 18.7 Å². The van der Waals surface area contributed by atoms with Gasteiger partial charge in [-0.05, 0) is 76.6 Å². The number of carbonyl (C=O) groups is 4. The smallest absolute Gasteiger partial charge is 0.273 e. The SMILES string of the molecule is C.C.CNC(=O)c1nnc(Cl)cc1Nc1ncccc1P(C)(C)=O.CNC(=O)c1nnc(NC(=O)C2CC2)cc1Nc1ncccc1P(C)(C)=O.NC(=O)C1CC1. The van der Waals surface area contributed by atoms with Gasteiger partial charge in [0.25, 0.3) is 11.8 Å². The first-order chi connectivity index (χ1) is 25.9. The summed E-state index contributed by atoms with van der Waals surface area (Å²) in [4.78, 5) is 54.4. The lowest BCUT2D eigenvalue weighted by Gasteiger charge is -2.15. The molecule has 308 valence electrons. The summed E-state index contributed by atoms with van der Waals surface area (Å²) in [5.41, 5.74) is 5.63. The van der Waals surface area contributed by atoms with Gasteiger partial charge in [0.05, 0.1) is 22.0 Å². The number of pyridine rings is 2. The van der Waals surface area contributed by atoms with Crippen LogP contribution in [0.25, 0.3) is 0 Å². The summed E-state index contributed by atoms with van der Waals surface area (Å²) in [7, 11) is -2.19. The third-order valence-electron chi connectivity index (χ3n) is 7.86. The summed E-state index contributed by atoms with van der Waals surface area (Å²) < 4.78 is 24.9. The van der Waals surface area contributed by atoms with Crippen LogP contribution in [0.5, 0.6) is 0 Å². The highest BCUT2D eigenvalue weighted by molar-refractivity contribution is 7.70. The molecule has 0 aliphatic heterocycles. The summed E-state index contributed by atoms with van der Waals surface area (Å²) in [6, 6.07) is 9.84. The normalized spacial score (nSPS) is 13.0. The third-order valence-corrected chi connectivity index (χ3v) is 11.1. The minimum atomic E-state index is -2.61. The Hall–Kier alpha value is -5.31. The highest BCUT2D eigenvalue weighted by Crippen LogP contribution is 2.39. The molecule has 0 spiro atoms. The number of primary amides is 1. The Morgan fingerprint density at radius 1 is 0.702 bits per heavy atom. The molecule has 4 aromatic rings. The van der Waals surface area contributed by atoms with Crippen molar-refractivity contribution >= 4 is 89.0 Å². The molecule has 57 heavy (non-hydrogen) atoms. The van der Waals surface area contributed by atoms with E-state index in [2.05, 4.69) is 56.9 Å². The first kappa shape index (κ1) is 47.8. The predicted octanol–water partition coefficient (Wildman–Crippen LogP) is 4.60. The van der Waals surface area contributed by atoms with Crippen LogP contribution in [0.4, 0.5) is 28.8 Å². The molecule has 2 aliphatic rings. The number of halogens is 1. The maximum atomic E-state index is 12.6. The molecule has 6 rings (SSSR count). The molecular weight excluding hydrogens is 794 g/mol. The molecule has 4 aromatic heterocycles. The lowest BCUT2D eigenvalue weighted by Crippen LogP contribution is -2.23. The van der Waals surface area contributed by atoms with Crippen LogP contribution in [-0.4, -0.2) is 94.7 Å². The van der Waals surface area contributed by atoms with Gasteiger partial charge in [-0.1, -0.05) is 26.5 Å². The van der Waals surface area contributed by atoms with E-state index in [4.69, 9.17) is 17.3 Å². The fourth-order valence-electron chi connectivity index (χ4n) is 4.64. The highest BCUT2D eigenvalue weighted by Gasteiger charge is 2.30. The average Bonchev–Trinajstić information content (AvgIpc) is 4.05. The van der Waals surface area contributed by atoms with Gasteiger partial charge in [0.2, 0.25) is 11.8 Å². The van der Waals surface area contributed by atoms with E-state index in [1.807, 2.05) is 0 Å². The highest BCUT2D eigenvalue weighted by atomic mass is 35.5. The number of hydrogen-bond donors (Lipinski definition) is 6. The fraction of sp³-hybridized carbons (Fsp3) is 0.389. The third kappa shape index (κ3) is 14.0. The van der Waals surface area contributed by atoms with E-state index in [-0.39, 0.29) is 60.9 Å². The predicted molar refractivity (Wildman–Crippen MR) is 226 cm³/mol. The van der Waals surface area contributed by atoms with E-state index in [1.54, 1.807) is 63.3 Å². The van der Waals surface area contributed by atoms with Crippen molar-refractivity contribution in [3.05, 3.63) is 65.3 Å². The molecule has 0 saturated heterocycles. The molecule has 0 bridgehead atoms. The molecule has 4 heterocycles. The molecular formula is C36H51ClN12O6P2. The zero-order chi connectivity index (χ0) is 40.5. The number of nitrogens with zero attached hydrogens (tertiary/aromatic N) is 6. The van der Waals surface area contributed by atoms with Crippen molar-refractivity contribution in [3.63, 3.8) is 0 Å². The van der Waals surface area contributed by atoms with Crippen LogP contribution in [0.2, 0.25) is 5.15 Å². The van der Waals surface area contributed by atoms with E-state index in [1.165, 1.54) is 26.2 Å². The van der Waals surface area contributed by atoms with E-state index in [0.717, 1.165) is 25.7 Å². The molecule has 2 fully saturated rings. The van der Waals surface area contributed by atoms with Crippen molar-refractivity contribution in [2.45, 2.75) is 40.5 Å². The maximum absolute atomic E-state index is 12.6. The molecule has 7 N–H and O–H groups in total. The van der Waals surface area contributed by atoms with Gasteiger partial charge in [0, 0.05) is 50.5 Å². The topological polar surface area (TPSA) is 266 Å². The van der Waals surface area contributed by atoms with Crippen LogP contribution in [0.3, 0.4) is 0 Å². The summed E-state index contributed by atoms with van der Waals surface area (Å²) in [6.07, 6.45) is 6.90. The molecule has 18 nitrogen and oxygen atoms in total. The van der Waals surface area contributed by atoms with Crippen molar-refractivity contribution in [1.29, 1.82) is 0 Å². The number of aromatic nitrogens is 6. The summed E-state index contributed by atoms with van der Waals surface area (Å²) in [5.74, 6) is 0.131. The number of rotatable bonds is 11. The lowest BCUT2D eigenvalue weighted by molar-refractivity contribution is -0.119. The Bertz CT molecular complexity index is 2170. The van der Waals surface area contributed by atoms with Crippen molar-refractivity contribution in [3.8, 4) is 0 Å². The Kier molecular flexibility index (Phi) is 17.4. The summed E-state index contributed by atoms with van der Waals surface area (Å²) >= 11 is 5.84. The number of anilines is 5. The molecule has 0 atom stereocenters. The quantitative estimate of drug-likeness (QED) is 0.113. The number of amides is 4. The molecule has 0 aromatic carbocycles. The Labute approximate surface area is 337 Å². The van der Waals surface area contributed by atoms with Gasteiger partial charge in [0.1, 0.15) is 25.9 Å². The van der Waals surface area contributed by atoms with Crippen LogP contribution < -0.4 is 42.9 Å². The van der Waals surface area contributed by atoms with Gasteiger partial charge in [-0.2, -0.15) is 0 Å². The largest absolute Gasteiger partial charge is 0.369 e. The van der Waals surface area contributed by atoms with Gasteiger partial charge in [-0.25, -0.2) is 9.97 Å². The van der Waals surface area contributed by atoms with E-state index in [9.17, 15) is 28.3 Å². The molecule has 2 saturated carbocycles. The maximum Gasteiger partial charge on any atom is 0.273 e. The van der Waals surface area contributed by atoms with Gasteiger partial charge < -0.3 is 41.4 Å².